The SMILES string of the molecule is C=C(C)[C@H]1Cc2c(ccc3c2O[C@@H]2COc4cc(OC)c(OC)cc4[C@@H]2C3=O)O1.[H-].[Na+]. The fraction of sp³-hybridized carbons (Fsp3) is 0.348. The molecule has 0 saturated carbocycles. The van der Waals surface area contributed by atoms with Crippen molar-refractivity contribution in [2.75, 3.05) is 20.8 Å². The Kier molecular flexibility index (Phi) is 5.51. The van der Waals surface area contributed by atoms with Gasteiger partial charge in [0.25, 0.3) is 0 Å². The number of carbonyl (C=O) groups excluding carboxylic acids is 1. The van der Waals surface area contributed by atoms with E-state index in [0.29, 0.717) is 35.0 Å². The molecule has 30 heavy (non-hydrogen) atoms. The van der Waals surface area contributed by atoms with Crippen LogP contribution in [-0.2, 0) is 6.42 Å². The third-order valence-corrected chi connectivity index (χ3v) is 5.87. The monoisotopic (exact) mass is 418 g/mol. The van der Waals surface area contributed by atoms with Crippen molar-refractivity contribution in [3.63, 3.8) is 0 Å². The van der Waals surface area contributed by atoms with Crippen LogP contribution < -0.4 is 53.2 Å². The minimum absolute atomic E-state index is 0. The molecule has 3 aliphatic heterocycles. The molecule has 5 rings (SSSR count). The van der Waals surface area contributed by atoms with E-state index in [2.05, 4.69) is 6.58 Å². The van der Waals surface area contributed by atoms with Gasteiger partial charge in [0.15, 0.2) is 17.3 Å². The zero-order chi connectivity index (χ0) is 20.3. The number of rotatable bonds is 3. The Labute approximate surface area is 198 Å². The van der Waals surface area contributed by atoms with Crippen LogP contribution in [0.4, 0.5) is 0 Å². The summed E-state index contributed by atoms with van der Waals surface area (Å²) < 4.78 is 29.0. The number of carbonyl (C=O) groups is 1. The van der Waals surface area contributed by atoms with E-state index in [-0.39, 0.29) is 49.5 Å². The van der Waals surface area contributed by atoms with Crippen LogP contribution in [0.25, 0.3) is 0 Å². The van der Waals surface area contributed by atoms with Crippen molar-refractivity contribution in [1.29, 1.82) is 0 Å². The Hall–Kier alpha value is -2.15. The third-order valence-electron chi connectivity index (χ3n) is 5.87. The van der Waals surface area contributed by atoms with Crippen molar-refractivity contribution in [2.24, 2.45) is 0 Å². The summed E-state index contributed by atoms with van der Waals surface area (Å²) in [6, 6.07) is 7.23. The molecule has 7 heteroatoms. The molecule has 3 aliphatic rings. The molecule has 0 amide bonds. The third kappa shape index (κ3) is 3.09. The van der Waals surface area contributed by atoms with Crippen LogP contribution in [0.2, 0.25) is 0 Å². The zero-order valence-corrected chi connectivity index (χ0v) is 19.6. The second kappa shape index (κ2) is 7.84. The summed E-state index contributed by atoms with van der Waals surface area (Å²) in [5.74, 6) is 2.68. The van der Waals surface area contributed by atoms with Gasteiger partial charge in [-0.05, 0) is 30.7 Å². The zero-order valence-electron chi connectivity index (χ0n) is 18.6. The first-order valence-electron chi connectivity index (χ1n) is 9.59. The summed E-state index contributed by atoms with van der Waals surface area (Å²) in [6.45, 7) is 6.22. The van der Waals surface area contributed by atoms with Crippen LogP contribution in [-0.4, -0.2) is 38.8 Å². The summed E-state index contributed by atoms with van der Waals surface area (Å²) in [4.78, 5) is 13.5. The Morgan fingerprint density at radius 3 is 2.57 bits per heavy atom. The quantitative estimate of drug-likeness (QED) is 0.543. The summed E-state index contributed by atoms with van der Waals surface area (Å²) in [7, 11) is 3.14. The van der Waals surface area contributed by atoms with Crippen LogP contribution in [0.5, 0.6) is 28.7 Å². The predicted octanol–water partition coefficient (Wildman–Crippen LogP) is 0.820. The molecule has 152 valence electrons. The van der Waals surface area contributed by atoms with Gasteiger partial charge in [0.05, 0.1) is 25.7 Å². The number of ketones is 1. The van der Waals surface area contributed by atoms with E-state index >= 15 is 0 Å². The van der Waals surface area contributed by atoms with Gasteiger partial charge in [-0.15, -0.1) is 0 Å². The second-order valence-corrected chi connectivity index (χ2v) is 7.63. The standard InChI is InChI=1S/C23H22O6.Na.H/c1-11(2)16-8-14-15(28-16)6-5-12-22(24)21-13-7-18(25-3)19(26-4)9-17(13)27-10-20(21)29-23(12)14;;/h5-7,9,16,20-21H,1,8,10H2,2-4H3;;/q;+1;-1/t16-,20-,21+;;/m1../s1. The maximum absolute atomic E-state index is 13.5. The Morgan fingerprint density at radius 1 is 1.13 bits per heavy atom. The smallest absolute Gasteiger partial charge is 1.00 e. The van der Waals surface area contributed by atoms with Crippen LogP contribution in [0, 0.1) is 0 Å². The molecule has 3 atom stereocenters. The van der Waals surface area contributed by atoms with Gasteiger partial charge in [-0.3, -0.25) is 4.79 Å². The van der Waals surface area contributed by atoms with Crippen molar-refractivity contribution in [1.82, 2.24) is 0 Å². The van der Waals surface area contributed by atoms with Crippen LogP contribution in [0.3, 0.4) is 0 Å². The van der Waals surface area contributed by atoms with Gasteiger partial charge in [0, 0.05) is 23.6 Å². The van der Waals surface area contributed by atoms with E-state index in [1.807, 2.05) is 19.1 Å². The van der Waals surface area contributed by atoms with Gasteiger partial charge in [0.1, 0.15) is 36.1 Å². The molecule has 0 aliphatic carbocycles. The van der Waals surface area contributed by atoms with Gasteiger partial charge in [-0.2, -0.15) is 0 Å². The van der Waals surface area contributed by atoms with Gasteiger partial charge in [0.2, 0.25) is 0 Å². The molecule has 0 bridgehead atoms. The average molecular weight is 418 g/mol. The van der Waals surface area contributed by atoms with E-state index in [0.717, 1.165) is 22.4 Å². The van der Waals surface area contributed by atoms with Crippen LogP contribution in [0.1, 0.15) is 35.8 Å². The molecular weight excluding hydrogens is 395 g/mol. The normalized spacial score (nSPS) is 22.6. The first-order valence-corrected chi connectivity index (χ1v) is 9.59. The molecule has 0 unspecified atom stereocenters. The minimum atomic E-state index is -0.455. The Morgan fingerprint density at radius 2 is 1.87 bits per heavy atom. The first kappa shape index (κ1) is 21.1. The molecule has 0 saturated heterocycles. The van der Waals surface area contributed by atoms with Gasteiger partial charge >= 0.3 is 29.6 Å². The summed E-state index contributed by atoms with van der Waals surface area (Å²) in [6.07, 6.45) is 0.157. The van der Waals surface area contributed by atoms with Gasteiger partial charge in [-0.1, -0.05) is 6.58 Å². The minimum Gasteiger partial charge on any atom is -1.00 e. The molecule has 6 nitrogen and oxygen atoms in total. The maximum atomic E-state index is 13.5. The molecular formula is C23H23NaO6. The molecule has 0 spiro atoms. The number of hydrogen-bond acceptors (Lipinski definition) is 6. The van der Waals surface area contributed by atoms with Crippen molar-refractivity contribution in [3.8, 4) is 28.7 Å². The fourth-order valence-electron chi connectivity index (χ4n) is 4.34. The van der Waals surface area contributed by atoms with Crippen molar-refractivity contribution < 1.29 is 59.5 Å². The van der Waals surface area contributed by atoms with Crippen LogP contribution in [0.15, 0.2) is 36.4 Å². The van der Waals surface area contributed by atoms with Gasteiger partial charge in [-0.25, -0.2) is 0 Å². The molecule has 3 heterocycles. The summed E-state index contributed by atoms with van der Waals surface area (Å²) in [5, 5.41) is 0. The van der Waals surface area contributed by atoms with Crippen molar-refractivity contribution >= 4 is 5.78 Å². The van der Waals surface area contributed by atoms with E-state index in [1.54, 1.807) is 26.4 Å². The maximum Gasteiger partial charge on any atom is 1.00 e. The predicted molar refractivity (Wildman–Crippen MR) is 107 cm³/mol. The molecule has 2 aromatic carbocycles. The number of hydrogen-bond donors (Lipinski definition) is 0. The van der Waals surface area contributed by atoms with Gasteiger partial charge < -0.3 is 25.1 Å². The average Bonchev–Trinajstić information content (AvgIpc) is 3.17. The van der Waals surface area contributed by atoms with E-state index in [9.17, 15) is 4.79 Å². The van der Waals surface area contributed by atoms with E-state index in [4.69, 9.17) is 23.7 Å². The molecule has 2 aromatic rings. The fourth-order valence-corrected chi connectivity index (χ4v) is 4.34. The molecule has 0 radical (unpaired) electrons. The first-order chi connectivity index (χ1) is 14.0. The van der Waals surface area contributed by atoms with Crippen LogP contribution >= 0.6 is 0 Å². The Bertz CT molecular complexity index is 1050. The summed E-state index contributed by atoms with van der Waals surface area (Å²) >= 11 is 0. The number of benzene rings is 2. The molecule has 0 aromatic heterocycles. The van der Waals surface area contributed by atoms with E-state index < -0.39 is 12.0 Å². The number of methoxy groups -OCH3 is 2. The molecule has 0 fully saturated rings. The van der Waals surface area contributed by atoms with Crippen molar-refractivity contribution in [2.45, 2.75) is 31.5 Å². The van der Waals surface area contributed by atoms with Crippen molar-refractivity contribution in [3.05, 3.63) is 53.1 Å². The number of Topliss-reactive ketones (excluding diaryl/α,β-unsaturated/α-hetero) is 1. The number of fused-ring (bicyclic) bond motifs is 6. The van der Waals surface area contributed by atoms with E-state index in [1.165, 1.54) is 0 Å². The number of ether oxygens (including phenoxy) is 5. The second-order valence-electron chi connectivity index (χ2n) is 7.63. The molecule has 0 N–H and O–H groups in total. The Balaban J connectivity index is 0.00000136. The topological polar surface area (TPSA) is 63.2 Å². The largest absolute Gasteiger partial charge is 1.00 e. The summed E-state index contributed by atoms with van der Waals surface area (Å²) in [5.41, 5.74) is 3.22.